The molecule has 0 aliphatic rings. The Morgan fingerprint density at radius 3 is 1.53 bits per heavy atom. The Morgan fingerprint density at radius 1 is 0.235 bits per heavy atom. The SMILES string of the molecule is c1ccc2c(c1)c1ccc3ccc4ccc5cc6ccc7cccc8c7c6c6c5c4c3c1c6c28. The van der Waals surface area contributed by atoms with Crippen molar-refractivity contribution in [3.05, 3.63) is 97.1 Å². The van der Waals surface area contributed by atoms with E-state index in [1.807, 2.05) is 0 Å². The van der Waals surface area contributed by atoms with Crippen LogP contribution in [0.1, 0.15) is 0 Å². The molecular formula is C34H16. The van der Waals surface area contributed by atoms with Crippen LogP contribution in [0.4, 0.5) is 0 Å². The zero-order chi connectivity index (χ0) is 21.7. The van der Waals surface area contributed by atoms with Crippen molar-refractivity contribution >= 4 is 97.0 Å². The zero-order valence-electron chi connectivity index (χ0n) is 18.2. The largest absolute Gasteiger partial charge is 0.0616 e. The highest BCUT2D eigenvalue weighted by atomic mass is 14.3. The van der Waals surface area contributed by atoms with Crippen LogP contribution in [-0.2, 0) is 0 Å². The zero-order valence-corrected chi connectivity index (χ0v) is 18.2. The first-order chi connectivity index (χ1) is 16.9. The van der Waals surface area contributed by atoms with Gasteiger partial charge in [0.25, 0.3) is 0 Å². The maximum atomic E-state index is 2.42. The lowest BCUT2D eigenvalue weighted by atomic mass is 9.78. The second kappa shape index (κ2) is 5.05. The summed E-state index contributed by atoms with van der Waals surface area (Å²) in [6.45, 7) is 0. The van der Waals surface area contributed by atoms with Gasteiger partial charge in [0.1, 0.15) is 0 Å². The third kappa shape index (κ3) is 1.54. The number of rotatable bonds is 0. The molecule has 34 heavy (non-hydrogen) atoms. The fourth-order valence-electron chi connectivity index (χ4n) is 7.38. The molecule has 0 heteroatoms. The van der Waals surface area contributed by atoms with Gasteiger partial charge < -0.3 is 0 Å². The Bertz CT molecular complexity index is 2400. The van der Waals surface area contributed by atoms with Gasteiger partial charge in [-0.2, -0.15) is 0 Å². The summed E-state index contributed by atoms with van der Waals surface area (Å²) < 4.78 is 0. The molecule has 10 aromatic carbocycles. The van der Waals surface area contributed by atoms with Gasteiger partial charge in [-0.1, -0.05) is 91.0 Å². The van der Waals surface area contributed by atoms with Crippen LogP contribution in [0.15, 0.2) is 97.1 Å². The molecule has 0 atom stereocenters. The lowest BCUT2D eigenvalue weighted by molar-refractivity contribution is 1.80. The molecule has 0 nitrogen and oxygen atoms in total. The maximum absolute atomic E-state index is 2.42. The second-order valence-electron chi connectivity index (χ2n) is 10.0. The van der Waals surface area contributed by atoms with Gasteiger partial charge in [-0.25, -0.2) is 0 Å². The van der Waals surface area contributed by atoms with Crippen molar-refractivity contribution < 1.29 is 0 Å². The van der Waals surface area contributed by atoms with Crippen molar-refractivity contribution in [2.45, 2.75) is 0 Å². The van der Waals surface area contributed by atoms with Crippen molar-refractivity contribution in [2.75, 3.05) is 0 Å². The molecular weight excluding hydrogens is 408 g/mol. The summed E-state index contributed by atoms with van der Waals surface area (Å²) in [4.78, 5) is 0. The minimum absolute atomic E-state index is 1.33. The van der Waals surface area contributed by atoms with E-state index < -0.39 is 0 Å². The van der Waals surface area contributed by atoms with E-state index in [1.54, 1.807) is 0 Å². The topological polar surface area (TPSA) is 0 Å². The van der Waals surface area contributed by atoms with E-state index in [-0.39, 0.29) is 0 Å². The fraction of sp³-hybridized carbons (Fsp3) is 0. The van der Waals surface area contributed by atoms with Crippen LogP contribution in [0.5, 0.6) is 0 Å². The Kier molecular flexibility index (Phi) is 2.41. The molecule has 0 unspecified atom stereocenters. The van der Waals surface area contributed by atoms with E-state index in [4.69, 9.17) is 0 Å². The van der Waals surface area contributed by atoms with Crippen LogP contribution in [0.3, 0.4) is 0 Å². The first-order valence-corrected chi connectivity index (χ1v) is 12.0. The van der Waals surface area contributed by atoms with Gasteiger partial charge in [0.05, 0.1) is 0 Å². The normalized spacial score (nSPS) is 13.3. The predicted molar refractivity (Wildman–Crippen MR) is 149 cm³/mol. The van der Waals surface area contributed by atoms with Crippen LogP contribution < -0.4 is 0 Å². The van der Waals surface area contributed by atoms with Crippen LogP contribution >= 0.6 is 0 Å². The summed E-state index contributed by atoms with van der Waals surface area (Å²) in [6.07, 6.45) is 0. The molecule has 152 valence electrons. The number of hydrogen-bond acceptors (Lipinski definition) is 0. The number of fused-ring (bicyclic) bond motifs is 4. The maximum Gasteiger partial charge on any atom is -0.0000710 e. The molecule has 10 rings (SSSR count). The standard InChI is InChI=1S/C34H16/c1-2-6-23-22(5-1)24-15-14-19-9-8-18-11-13-21-16-20-12-10-17-4-3-7-25-26(17)29(20)33-30(21)27(18)28(19)32(24)34(33)31(23)25/h1-16H. The third-order valence-electron chi connectivity index (χ3n) is 8.59. The number of hydrogen-bond donors (Lipinski definition) is 0. The molecule has 10 aromatic rings. The van der Waals surface area contributed by atoms with E-state index in [9.17, 15) is 0 Å². The molecule has 0 saturated heterocycles. The molecule has 0 amide bonds. The first-order valence-electron chi connectivity index (χ1n) is 12.0. The summed E-state index contributed by atoms with van der Waals surface area (Å²) >= 11 is 0. The van der Waals surface area contributed by atoms with Crippen molar-refractivity contribution in [1.29, 1.82) is 0 Å². The molecule has 0 bridgehead atoms. The van der Waals surface area contributed by atoms with Gasteiger partial charge in [0.2, 0.25) is 0 Å². The summed E-state index contributed by atoms with van der Waals surface area (Å²) in [6, 6.07) is 36.9. The van der Waals surface area contributed by atoms with Crippen molar-refractivity contribution in [1.82, 2.24) is 0 Å². The summed E-state index contributed by atoms with van der Waals surface area (Å²) in [5, 5.41) is 25.1. The fourth-order valence-corrected chi connectivity index (χ4v) is 7.38. The Labute approximate surface area is 193 Å². The van der Waals surface area contributed by atoms with E-state index in [1.165, 1.54) is 97.0 Å². The van der Waals surface area contributed by atoms with Crippen LogP contribution in [-0.4, -0.2) is 0 Å². The van der Waals surface area contributed by atoms with Gasteiger partial charge >= 0.3 is 0 Å². The molecule has 0 aromatic heterocycles. The Morgan fingerprint density at radius 2 is 0.735 bits per heavy atom. The average molecular weight is 425 g/mol. The highest BCUT2D eigenvalue weighted by Crippen LogP contribution is 2.54. The van der Waals surface area contributed by atoms with E-state index in [0.29, 0.717) is 0 Å². The monoisotopic (exact) mass is 424 g/mol. The lowest BCUT2D eigenvalue weighted by Crippen LogP contribution is -1.96. The molecule has 0 fully saturated rings. The summed E-state index contributed by atoms with van der Waals surface area (Å²) in [7, 11) is 0. The van der Waals surface area contributed by atoms with Gasteiger partial charge in [0, 0.05) is 0 Å². The minimum atomic E-state index is 1.33. The minimum Gasteiger partial charge on any atom is -0.0616 e. The van der Waals surface area contributed by atoms with Crippen molar-refractivity contribution in [3.8, 4) is 0 Å². The first kappa shape index (κ1) is 16.2. The van der Waals surface area contributed by atoms with Crippen LogP contribution in [0.25, 0.3) is 97.0 Å². The predicted octanol–water partition coefficient (Wildman–Crippen LogP) is 9.82. The highest BCUT2D eigenvalue weighted by molar-refractivity contribution is 6.53. The molecule has 0 heterocycles. The molecule has 0 saturated carbocycles. The highest BCUT2D eigenvalue weighted by Gasteiger charge is 2.25. The molecule has 0 aliphatic heterocycles. The molecule has 0 radical (unpaired) electrons. The third-order valence-corrected chi connectivity index (χ3v) is 8.59. The quantitative estimate of drug-likeness (QED) is 0.168. The summed E-state index contributed by atoms with van der Waals surface area (Å²) in [5.74, 6) is 0. The van der Waals surface area contributed by atoms with Crippen molar-refractivity contribution in [3.63, 3.8) is 0 Å². The van der Waals surface area contributed by atoms with E-state index in [0.717, 1.165) is 0 Å². The van der Waals surface area contributed by atoms with E-state index >= 15 is 0 Å². The van der Waals surface area contributed by atoms with Crippen LogP contribution in [0, 0.1) is 0 Å². The van der Waals surface area contributed by atoms with E-state index in [2.05, 4.69) is 97.1 Å². The molecule has 0 spiro atoms. The smallest absolute Gasteiger partial charge is 0.0000710 e. The summed E-state index contributed by atoms with van der Waals surface area (Å²) in [5.41, 5.74) is 0. The average Bonchev–Trinajstić information content (AvgIpc) is 2.90. The van der Waals surface area contributed by atoms with Crippen molar-refractivity contribution in [2.24, 2.45) is 0 Å². The van der Waals surface area contributed by atoms with Gasteiger partial charge in [-0.15, -0.1) is 0 Å². The van der Waals surface area contributed by atoms with Gasteiger partial charge in [0.15, 0.2) is 0 Å². The Hall–Kier alpha value is -4.42. The molecule has 0 aliphatic carbocycles. The number of benzene rings is 10. The second-order valence-corrected chi connectivity index (χ2v) is 10.0. The van der Waals surface area contributed by atoms with Gasteiger partial charge in [-0.05, 0) is 103 Å². The van der Waals surface area contributed by atoms with Gasteiger partial charge in [-0.3, -0.25) is 0 Å². The Balaban J connectivity index is 1.81. The van der Waals surface area contributed by atoms with Crippen LogP contribution in [0.2, 0.25) is 0 Å². The molecule has 0 N–H and O–H groups in total. The lowest BCUT2D eigenvalue weighted by Gasteiger charge is -2.25.